The van der Waals surface area contributed by atoms with Gasteiger partial charge < -0.3 is 14.2 Å². The molecule has 1 aliphatic heterocycles. The van der Waals surface area contributed by atoms with Crippen LogP contribution in [-0.2, 0) is 0 Å². The first-order chi connectivity index (χ1) is 18.6. The van der Waals surface area contributed by atoms with E-state index in [0.29, 0.717) is 33.9 Å². The number of fused-ring (bicyclic) bond motifs is 6. The molecule has 0 bridgehead atoms. The quantitative estimate of drug-likeness (QED) is 0.251. The Kier molecular flexibility index (Phi) is 5.19. The second kappa shape index (κ2) is 8.75. The van der Waals surface area contributed by atoms with E-state index in [1.54, 1.807) is 25.1 Å². The van der Waals surface area contributed by atoms with Crippen LogP contribution in [0.4, 0.5) is 0 Å². The summed E-state index contributed by atoms with van der Waals surface area (Å²) in [6, 6.07) is 25.8. The largest absolute Gasteiger partial charge is 0.493 e. The van der Waals surface area contributed by atoms with Gasteiger partial charge in [-0.2, -0.15) is 0 Å². The lowest BCUT2D eigenvalue weighted by Gasteiger charge is -2.29. The zero-order valence-corrected chi connectivity index (χ0v) is 21.3. The van der Waals surface area contributed by atoms with Crippen molar-refractivity contribution in [1.29, 1.82) is 0 Å². The van der Waals surface area contributed by atoms with Gasteiger partial charge in [-0.05, 0) is 58.8 Å². The summed E-state index contributed by atoms with van der Waals surface area (Å²) in [5, 5.41) is 7.59. The molecule has 7 rings (SSSR count). The van der Waals surface area contributed by atoms with Crippen molar-refractivity contribution in [2.75, 3.05) is 14.2 Å². The normalized spacial score (nSPS) is 14.1. The predicted octanol–water partition coefficient (Wildman–Crippen LogP) is 6.90. The van der Waals surface area contributed by atoms with Crippen LogP contribution >= 0.6 is 11.6 Å². The first-order valence-corrected chi connectivity index (χ1v) is 12.4. The highest BCUT2D eigenvalue weighted by atomic mass is 35.5. The minimum absolute atomic E-state index is 0.252. The topological polar surface area (TPSA) is 70.8 Å². The maximum absolute atomic E-state index is 6.41. The number of methoxy groups -OCH3 is 2. The van der Waals surface area contributed by atoms with Crippen molar-refractivity contribution in [3.8, 4) is 34.5 Å². The minimum Gasteiger partial charge on any atom is -0.493 e. The number of nitrogens with zero attached hydrogens (tertiary/aromatic N) is 4. The van der Waals surface area contributed by atoms with Crippen molar-refractivity contribution < 1.29 is 14.2 Å². The van der Waals surface area contributed by atoms with Gasteiger partial charge in [0.05, 0.1) is 19.8 Å². The first-order valence-electron chi connectivity index (χ1n) is 12.1. The van der Waals surface area contributed by atoms with Crippen molar-refractivity contribution in [2.24, 2.45) is 0 Å². The summed E-state index contributed by atoms with van der Waals surface area (Å²) < 4.78 is 19.3. The summed E-state index contributed by atoms with van der Waals surface area (Å²) in [5.41, 5.74) is 4.39. The fourth-order valence-electron chi connectivity index (χ4n) is 5.19. The number of benzene rings is 4. The third-order valence-corrected chi connectivity index (χ3v) is 7.20. The molecule has 4 aromatic carbocycles. The second-order valence-electron chi connectivity index (χ2n) is 9.02. The highest BCUT2D eigenvalue weighted by Gasteiger charge is 2.35. The molecule has 0 saturated heterocycles. The molecule has 0 fully saturated rings. The van der Waals surface area contributed by atoms with Gasteiger partial charge in [0, 0.05) is 22.1 Å². The zero-order chi connectivity index (χ0) is 25.8. The summed E-state index contributed by atoms with van der Waals surface area (Å²) in [6.45, 7) is 0. The maximum atomic E-state index is 6.41. The Bertz CT molecular complexity index is 1850. The van der Waals surface area contributed by atoms with E-state index in [9.17, 15) is 0 Å². The average molecular weight is 521 g/mol. The molecule has 0 radical (unpaired) electrons. The van der Waals surface area contributed by atoms with Gasteiger partial charge in [-0.25, -0.2) is 14.5 Å². The monoisotopic (exact) mass is 520 g/mol. The third-order valence-electron chi connectivity index (χ3n) is 6.94. The molecule has 1 aliphatic rings. The first kappa shape index (κ1) is 22.6. The molecule has 0 N–H and O–H groups in total. The van der Waals surface area contributed by atoms with Gasteiger partial charge in [0.2, 0.25) is 5.88 Å². The number of aromatic nitrogens is 4. The summed E-state index contributed by atoms with van der Waals surface area (Å²) in [7, 11) is 3.27. The van der Waals surface area contributed by atoms with E-state index in [0.717, 1.165) is 38.8 Å². The van der Waals surface area contributed by atoms with Crippen LogP contribution in [0.3, 0.4) is 0 Å². The van der Waals surface area contributed by atoms with E-state index in [1.807, 2.05) is 60.7 Å². The van der Waals surface area contributed by atoms with Gasteiger partial charge in [0.1, 0.15) is 12.1 Å². The fourth-order valence-corrected chi connectivity index (χ4v) is 5.32. The molecular weight excluding hydrogens is 500 g/mol. The van der Waals surface area contributed by atoms with Crippen LogP contribution in [0, 0.1) is 0 Å². The van der Waals surface area contributed by atoms with Crippen LogP contribution in [0.5, 0.6) is 23.1 Å². The Hall–Kier alpha value is -4.62. The Balaban J connectivity index is 1.53. The van der Waals surface area contributed by atoms with E-state index in [1.165, 1.54) is 0 Å². The van der Waals surface area contributed by atoms with Crippen LogP contribution in [0.25, 0.3) is 27.8 Å². The van der Waals surface area contributed by atoms with Crippen molar-refractivity contribution in [3.63, 3.8) is 0 Å². The van der Waals surface area contributed by atoms with Gasteiger partial charge in [0.25, 0.3) is 0 Å². The Morgan fingerprint density at radius 2 is 1.68 bits per heavy atom. The SMILES string of the molecule is COc1ccc([C@@H]2c3c(ccc4ccccc34)Oc3ncn4nc(-c5ccc(Cl)cc5)nc4c32)cc1OC. The lowest BCUT2D eigenvalue weighted by molar-refractivity contribution is 0.354. The molecule has 2 aromatic heterocycles. The number of hydrogen-bond donors (Lipinski definition) is 0. The molecule has 0 amide bonds. The van der Waals surface area contributed by atoms with E-state index in [2.05, 4.69) is 23.2 Å². The number of rotatable bonds is 4. The summed E-state index contributed by atoms with van der Waals surface area (Å²) in [5.74, 6) is 2.87. The summed E-state index contributed by atoms with van der Waals surface area (Å²) in [6.07, 6.45) is 1.64. The highest BCUT2D eigenvalue weighted by molar-refractivity contribution is 6.30. The van der Waals surface area contributed by atoms with E-state index < -0.39 is 0 Å². The van der Waals surface area contributed by atoms with Crippen molar-refractivity contribution in [3.05, 3.63) is 107 Å². The van der Waals surface area contributed by atoms with Gasteiger partial charge in [-0.3, -0.25) is 0 Å². The van der Waals surface area contributed by atoms with Crippen LogP contribution in [-0.4, -0.2) is 33.8 Å². The van der Waals surface area contributed by atoms with Crippen LogP contribution < -0.4 is 14.2 Å². The summed E-state index contributed by atoms with van der Waals surface area (Å²) >= 11 is 6.11. The maximum Gasteiger partial charge on any atom is 0.228 e. The van der Waals surface area contributed by atoms with Crippen LogP contribution in [0.15, 0.2) is 85.2 Å². The molecule has 186 valence electrons. The number of halogens is 1. The lowest BCUT2D eigenvalue weighted by Crippen LogP contribution is -2.15. The Labute approximate surface area is 223 Å². The number of hydrogen-bond acceptors (Lipinski definition) is 6. The van der Waals surface area contributed by atoms with Crippen molar-refractivity contribution >= 4 is 28.0 Å². The van der Waals surface area contributed by atoms with E-state index in [-0.39, 0.29) is 5.92 Å². The minimum atomic E-state index is -0.252. The third kappa shape index (κ3) is 3.47. The molecular formula is C30H21ClN4O3. The number of ether oxygens (including phenoxy) is 3. The molecule has 8 heteroatoms. The average Bonchev–Trinajstić information content (AvgIpc) is 3.40. The van der Waals surface area contributed by atoms with Crippen LogP contribution in [0.2, 0.25) is 5.02 Å². The zero-order valence-electron chi connectivity index (χ0n) is 20.6. The predicted molar refractivity (Wildman–Crippen MR) is 146 cm³/mol. The van der Waals surface area contributed by atoms with Crippen molar-refractivity contribution in [1.82, 2.24) is 19.6 Å². The Morgan fingerprint density at radius 3 is 2.50 bits per heavy atom. The molecule has 0 spiro atoms. The van der Waals surface area contributed by atoms with Gasteiger partial charge in [-0.15, -0.1) is 5.10 Å². The Morgan fingerprint density at radius 1 is 0.868 bits per heavy atom. The van der Waals surface area contributed by atoms with Crippen LogP contribution in [0.1, 0.15) is 22.6 Å². The lowest BCUT2D eigenvalue weighted by atomic mass is 9.81. The molecule has 0 saturated carbocycles. The smallest absolute Gasteiger partial charge is 0.228 e. The molecule has 0 unspecified atom stereocenters. The second-order valence-corrected chi connectivity index (χ2v) is 9.46. The van der Waals surface area contributed by atoms with Crippen molar-refractivity contribution in [2.45, 2.75) is 5.92 Å². The molecule has 7 nitrogen and oxygen atoms in total. The highest BCUT2D eigenvalue weighted by Crippen LogP contribution is 2.51. The molecule has 38 heavy (non-hydrogen) atoms. The summed E-state index contributed by atoms with van der Waals surface area (Å²) in [4.78, 5) is 9.62. The molecule has 1 atom stereocenters. The van der Waals surface area contributed by atoms with Gasteiger partial charge in [-0.1, -0.05) is 48.0 Å². The molecule has 0 aliphatic carbocycles. The molecule has 3 heterocycles. The standard InChI is InChI=1S/C30H21ClN4O3/c1-36-22-13-10-19(15-24(22)37-2)25-26-21-6-4-3-5-17(21)9-14-23(26)38-30-27(25)29-33-28(34-35(29)16-32-30)18-7-11-20(31)12-8-18/h3-16,25H,1-2H3/t25-/m1/s1. The van der Waals surface area contributed by atoms with E-state index >= 15 is 0 Å². The molecule has 6 aromatic rings. The van der Waals surface area contributed by atoms with E-state index in [4.69, 9.17) is 35.9 Å². The van der Waals surface area contributed by atoms with Gasteiger partial charge in [0.15, 0.2) is 23.0 Å². The van der Waals surface area contributed by atoms with Gasteiger partial charge >= 0.3 is 0 Å². The fraction of sp³-hybridized carbons (Fsp3) is 0.100.